The highest BCUT2D eigenvalue weighted by molar-refractivity contribution is 5.95. The smallest absolute Gasteiger partial charge is 0.317 e. The number of carboxylic acid groups (broad SMARTS) is 1. The molecule has 0 aliphatic carbocycles. The van der Waals surface area contributed by atoms with E-state index >= 15 is 0 Å². The first-order valence-corrected chi connectivity index (χ1v) is 8.82. The quantitative estimate of drug-likeness (QED) is 0.825. The maximum atomic E-state index is 12.6. The van der Waals surface area contributed by atoms with Gasteiger partial charge in [-0.1, -0.05) is 17.7 Å². The first-order chi connectivity index (χ1) is 11.8. The summed E-state index contributed by atoms with van der Waals surface area (Å²) in [5.41, 5.74) is 3.10. The van der Waals surface area contributed by atoms with E-state index < -0.39 is 5.97 Å². The number of hydrogen-bond acceptors (Lipinski definition) is 4. The number of piperidine rings is 1. The van der Waals surface area contributed by atoms with Crippen molar-refractivity contribution in [2.45, 2.75) is 45.7 Å². The third-order valence-electron chi connectivity index (χ3n) is 5.07. The summed E-state index contributed by atoms with van der Waals surface area (Å²) in [6.45, 7) is 7.63. The van der Waals surface area contributed by atoms with Crippen LogP contribution in [-0.2, 0) is 9.59 Å². The second-order valence-corrected chi connectivity index (χ2v) is 7.06. The Hall–Kier alpha value is -1.92. The Morgan fingerprint density at radius 3 is 2.52 bits per heavy atom. The van der Waals surface area contributed by atoms with Crippen molar-refractivity contribution in [2.75, 3.05) is 32.0 Å². The van der Waals surface area contributed by atoms with Crippen LogP contribution >= 0.6 is 0 Å². The average Bonchev–Trinajstić information content (AvgIpc) is 2.56. The lowest BCUT2D eigenvalue weighted by Crippen LogP contribution is -2.50. The molecule has 0 spiro atoms. The molecule has 1 aromatic rings. The number of amides is 1. The van der Waals surface area contributed by atoms with Crippen molar-refractivity contribution in [1.82, 2.24) is 9.80 Å². The molecule has 25 heavy (non-hydrogen) atoms. The number of rotatable bonds is 6. The summed E-state index contributed by atoms with van der Waals surface area (Å²) in [4.78, 5) is 27.5. The van der Waals surface area contributed by atoms with Crippen molar-refractivity contribution >= 4 is 17.6 Å². The van der Waals surface area contributed by atoms with Crippen LogP contribution in [0.5, 0.6) is 0 Å². The number of hydrogen-bond donors (Lipinski definition) is 2. The number of aryl methyl sites for hydroxylation is 2. The molecule has 0 saturated carbocycles. The minimum Gasteiger partial charge on any atom is -0.480 e. The molecule has 1 atom stereocenters. The number of benzene rings is 1. The summed E-state index contributed by atoms with van der Waals surface area (Å²) in [6.07, 6.45) is 1.76. The SMILES string of the molecule is Cc1ccc(NC(=O)C(C)N2CCC(N(C)CC(=O)O)CC2)c(C)c1. The molecule has 1 fully saturated rings. The Bertz CT molecular complexity index is 624. The van der Waals surface area contributed by atoms with Gasteiger partial charge in [0.25, 0.3) is 0 Å². The molecule has 1 aromatic carbocycles. The fourth-order valence-corrected chi connectivity index (χ4v) is 3.41. The largest absolute Gasteiger partial charge is 0.480 e. The highest BCUT2D eigenvalue weighted by Crippen LogP contribution is 2.20. The van der Waals surface area contributed by atoms with E-state index in [1.807, 2.05) is 44.9 Å². The molecule has 1 unspecified atom stereocenters. The van der Waals surface area contributed by atoms with E-state index in [1.165, 1.54) is 5.56 Å². The summed E-state index contributed by atoms with van der Waals surface area (Å²) in [5.74, 6) is -0.796. The molecule has 1 aliphatic rings. The number of nitrogens with one attached hydrogen (secondary N) is 1. The normalized spacial score (nSPS) is 17.5. The molecule has 2 rings (SSSR count). The molecule has 6 heteroatoms. The van der Waals surface area contributed by atoms with E-state index in [0.29, 0.717) is 0 Å². The number of aliphatic carboxylic acids is 1. The minimum atomic E-state index is -0.800. The van der Waals surface area contributed by atoms with Crippen molar-refractivity contribution in [1.29, 1.82) is 0 Å². The van der Waals surface area contributed by atoms with Crippen LogP contribution in [0.2, 0.25) is 0 Å². The molecule has 138 valence electrons. The van der Waals surface area contributed by atoms with Gasteiger partial charge in [-0.15, -0.1) is 0 Å². The van der Waals surface area contributed by atoms with Gasteiger partial charge < -0.3 is 10.4 Å². The van der Waals surface area contributed by atoms with Crippen LogP contribution in [0.3, 0.4) is 0 Å². The zero-order chi connectivity index (χ0) is 18.6. The predicted octanol–water partition coefficient (Wildman–Crippen LogP) is 2.11. The monoisotopic (exact) mass is 347 g/mol. The van der Waals surface area contributed by atoms with Gasteiger partial charge in [0.1, 0.15) is 0 Å². The van der Waals surface area contributed by atoms with E-state index in [9.17, 15) is 9.59 Å². The van der Waals surface area contributed by atoms with E-state index in [1.54, 1.807) is 0 Å². The van der Waals surface area contributed by atoms with Gasteiger partial charge in [0.05, 0.1) is 12.6 Å². The third kappa shape index (κ3) is 5.28. The molecular formula is C19H29N3O3. The van der Waals surface area contributed by atoms with Crippen molar-refractivity contribution in [2.24, 2.45) is 0 Å². The zero-order valence-electron chi connectivity index (χ0n) is 15.6. The molecule has 0 aromatic heterocycles. The molecule has 0 bridgehead atoms. The van der Waals surface area contributed by atoms with Crippen LogP contribution in [0.25, 0.3) is 0 Å². The number of likely N-dealkylation sites (N-methyl/N-ethyl adjacent to an activating group) is 1. The third-order valence-corrected chi connectivity index (χ3v) is 5.07. The highest BCUT2D eigenvalue weighted by Gasteiger charge is 2.28. The lowest BCUT2D eigenvalue weighted by Gasteiger charge is -2.38. The molecule has 2 N–H and O–H groups in total. The second kappa shape index (κ2) is 8.45. The molecule has 1 heterocycles. The van der Waals surface area contributed by atoms with Gasteiger partial charge in [0.2, 0.25) is 5.91 Å². The number of nitrogens with zero attached hydrogens (tertiary/aromatic N) is 2. The lowest BCUT2D eigenvalue weighted by molar-refractivity contribution is -0.138. The number of anilines is 1. The Morgan fingerprint density at radius 2 is 1.96 bits per heavy atom. The van der Waals surface area contributed by atoms with Crippen molar-refractivity contribution in [3.8, 4) is 0 Å². The van der Waals surface area contributed by atoms with E-state index in [4.69, 9.17) is 5.11 Å². The van der Waals surface area contributed by atoms with Crippen LogP contribution in [-0.4, -0.2) is 65.5 Å². The number of likely N-dealkylation sites (tertiary alicyclic amines) is 1. The maximum Gasteiger partial charge on any atom is 0.317 e. The van der Waals surface area contributed by atoms with E-state index in [-0.39, 0.29) is 24.5 Å². The van der Waals surface area contributed by atoms with Crippen molar-refractivity contribution in [3.63, 3.8) is 0 Å². The first-order valence-electron chi connectivity index (χ1n) is 8.82. The Labute approximate surface area is 149 Å². The maximum absolute atomic E-state index is 12.6. The topological polar surface area (TPSA) is 72.9 Å². The summed E-state index contributed by atoms with van der Waals surface area (Å²) in [7, 11) is 1.85. The van der Waals surface area contributed by atoms with Crippen molar-refractivity contribution < 1.29 is 14.7 Å². The van der Waals surface area contributed by atoms with Gasteiger partial charge in [0, 0.05) is 24.8 Å². The summed E-state index contributed by atoms with van der Waals surface area (Å²) >= 11 is 0. The fourth-order valence-electron chi connectivity index (χ4n) is 3.41. The molecular weight excluding hydrogens is 318 g/mol. The molecule has 1 aliphatic heterocycles. The number of carbonyl (C=O) groups excluding carboxylic acids is 1. The van der Waals surface area contributed by atoms with Crippen molar-refractivity contribution in [3.05, 3.63) is 29.3 Å². The van der Waals surface area contributed by atoms with Crippen LogP contribution in [0.1, 0.15) is 30.9 Å². The van der Waals surface area contributed by atoms with Gasteiger partial charge in [-0.3, -0.25) is 19.4 Å². The highest BCUT2D eigenvalue weighted by atomic mass is 16.4. The first kappa shape index (κ1) is 19.4. The van der Waals surface area contributed by atoms with Gasteiger partial charge in [-0.25, -0.2) is 0 Å². The Morgan fingerprint density at radius 1 is 1.32 bits per heavy atom. The standard InChI is InChI=1S/C19H29N3O3/c1-13-5-6-17(14(2)11-13)20-19(25)15(3)22-9-7-16(8-10-22)21(4)12-18(23)24/h5-6,11,15-16H,7-10,12H2,1-4H3,(H,20,25)(H,23,24). The second-order valence-electron chi connectivity index (χ2n) is 7.06. The summed E-state index contributed by atoms with van der Waals surface area (Å²) in [5, 5.41) is 11.9. The molecule has 0 radical (unpaired) electrons. The molecule has 1 saturated heterocycles. The number of carboxylic acids is 1. The summed E-state index contributed by atoms with van der Waals surface area (Å²) < 4.78 is 0. The van der Waals surface area contributed by atoms with Crippen LogP contribution in [0.4, 0.5) is 5.69 Å². The van der Waals surface area contributed by atoms with E-state index in [0.717, 1.165) is 37.2 Å². The fraction of sp³-hybridized carbons (Fsp3) is 0.579. The van der Waals surface area contributed by atoms with Gasteiger partial charge in [0.15, 0.2) is 0 Å². The Balaban J connectivity index is 1.88. The van der Waals surface area contributed by atoms with Crippen LogP contribution < -0.4 is 5.32 Å². The number of carbonyl (C=O) groups is 2. The predicted molar refractivity (Wildman–Crippen MR) is 98.9 cm³/mol. The minimum absolute atomic E-state index is 0.00398. The van der Waals surface area contributed by atoms with Crippen LogP contribution in [0, 0.1) is 13.8 Å². The van der Waals surface area contributed by atoms with Gasteiger partial charge >= 0.3 is 5.97 Å². The zero-order valence-corrected chi connectivity index (χ0v) is 15.6. The van der Waals surface area contributed by atoms with E-state index in [2.05, 4.69) is 16.3 Å². The molecule has 6 nitrogen and oxygen atoms in total. The summed E-state index contributed by atoms with van der Waals surface area (Å²) in [6, 6.07) is 6.07. The van der Waals surface area contributed by atoms with Crippen LogP contribution in [0.15, 0.2) is 18.2 Å². The molecule has 1 amide bonds. The Kier molecular flexibility index (Phi) is 6.56. The van der Waals surface area contributed by atoms with Gasteiger partial charge in [-0.2, -0.15) is 0 Å². The lowest BCUT2D eigenvalue weighted by atomic mass is 10.0. The van der Waals surface area contributed by atoms with Gasteiger partial charge in [-0.05, 0) is 52.3 Å². The average molecular weight is 347 g/mol.